The van der Waals surface area contributed by atoms with Crippen molar-refractivity contribution in [2.75, 3.05) is 0 Å². The van der Waals surface area contributed by atoms with Gasteiger partial charge in [-0.15, -0.1) is 0 Å². The second kappa shape index (κ2) is 6.06. The van der Waals surface area contributed by atoms with Crippen molar-refractivity contribution in [3.63, 3.8) is 0 Å². The highest BCUT2D eigenvalue weighted by Gasteiger charge is 2.10. The van der Waals surface area contributed by atoms with Crippen LogP contribution in [-0.2, 0) is 0 Å². The molecular formula is C12H17ClIN. The summed E-state index contributed by atoms with van der Waals surface area (Å²) in [6, 6.07) is 6.02. The van der Waals surface area contributed by atoms with E-state index in [4.69, 9.17) is 17.3 Å². The predicted molar refractivity (Wildman–Crippen MR) is 75.2 cm³/mol. The number of hydrogen-bond acceptors (Lipinski definition) is 1. The van der Waals surface area contributed by atoms with Crippen molar-refractivity contribution < 1.29 is 0 Å². The van der Waals surface area contributed by atoms with E-state index in [1.807, 2.05) is 18.2 Å². The number of rotatable bonds is 4. The van der Waals surface area contributed by atoms with Gasteiger partial charge < -0.3 is 5.73 Å². The van der Waals surface area contributed by atoms with Gasteiger partial charge in [0.05, 0.1) is 0 Å². The summed E-state index contributed by atoms with van der Waals surface area (Å²) in [6.07, 6.45) is 2.18. The molecule has 0 fully saturated rings. The maximum atomic E-state index is 6.15. The number of benzene rings is 1. The minimum atomic E-state index is 0.109. The van der Waals surface area contributed by atoms with Gasteiger partial charge in [-0.3, -0.25) is 0 Å². The molecular weight excluding hydrogens is 320 g/mol. The van der Waals surface area contributed by atoms with E-state index in [0.717, 1.165) is 17.9 Å². The highest BCUT2D eigenvalue weighted by molar-refractivity contribution is 14.1. The number of nitrogens with two attached hydrogens (primary N) is 1. The Bertz CT molecular complexity index is 325. The lowest BCUT2D eigenvalue weighted by Gasteiger charge is -2.15. The van der Waals surface area contributed by atoms with Crippen molar-refractivity contribution >= 4 is 34.2 Å². The van der Waals surface area contributed by atoms with E-state index in [1.54, 1.807) is 0 Å². The van der Waals surface area contributed by atoms with E-state index >= 15 is 0 Å². The lowest BCUT2D eigenvalue weighted by molar-refractivity contribution is 0.506. The molecule has 1 aromatic rings. The van der Waals surface area contributed by atoms with Gasteiger partial charge in [-0.2, -0.15) is 0 Å². The van der Waals surface area contributed by atoms with Gasteiger partial charge in [0.15, 0.2) is 0 Å². The summed E-state index contributed by atoms with van der Waals surface area (Å²) in [5.74, 6) is 0.702. The minimum Gasteiger partial charge on any atom is -0.324 e. The Kier molecular flexibility index (Phi) is 5.36. The predicted octanol–water partition coefficient (Wildman–Crippen LogP) is 4.38. The average molecular weight is 338 g/mol. The lowest BCUT2D eigenvalue weighted by atomic mass is 9.98. The molecule has 84 valence electrons. The Balaban J connectivity index is 2.72. The monoisotopic (exact) mass is 337 g/mol. The van der Waals surface area contributed by atoms with Crippen LogP contribution >= 0.6 is 34.2 Å². The van der Waals surface area contributed by atoms with Crippen molar-refractivity contribution in [3.8, 4) is 0 Å². The van der Waals surface area contributed by atoms with Gasteiger partial charge in [-0.1, -0.05) is 25.4 Å². The summed E-state index contributed by atoms with van der Waals surface area (Å²) in [6.45, 7) is 4.44. The third-order valence-corrected chi connectivity index (χ3v) is 3.63. The first-order valence-electron chi connectivity index (χ1n) is 5.21. The SMILES string of the molecule is CC(C)CCC(N)c1cc(Cl)ccc1I. The molecule has 1 rings (SSSR count). The van der Waals surface area contributed by atoms with Crippen LogP contribution in [0.3, 0.4) is 0 Å². The van der Waals surface area contributed by atoms with Crippen molar-refractivity contribution in [3.05, 3.63) is 32.4 Å². The lowest BCUT2D eigenvalue weighted by Crippen LogP contribution is -2.12. The van der Waals surface area contributed by atoms with Crippen LogP contribution in [0.5, 0.6) is 0 Å². The first-order valence-corrected chi connectivity index (χ1v) is 6.67. The molecule has 0 aliphatic carbocycles. The standard InChI is InChI=1S/C12H17ClIN/c1-8(2)3-6-12(15)10-7-9(13)4-5-11(10)14/h4-5,7-8,12H,3,6,15H2,1-2H3. The van der Waals surface area contributed by atoms with Gasteiger partial charge >= 0.3 is 0 Å². The topological polar surface area (TPSA) is 26.0 Å². The van der Waals surface area contributed by atoms with Crippen molar-refractivity contribution in [1.29, 1.82) is 0 Å². The van der Waals surface area contributed by atoms with Crippen LogP contribution < -0.4 is 5.73 Å². The summed E-state index contributed by atoms with van der Waals surface area (Å²) in [4.78, 5) is 0. The van der Waals surface area contributed by atoms with Gasteiger partial charge in [-0.25, -0.2) is 0 Å². The van der Waals surface area contributed by atoms with E-state index in [-0.39, 0.29) is 6.04 Å². The fourth-order valence-corrected chi connectivity index (χ4v) is 2.38. The fourth-order valence-electron chi connectivity index (χ4n) is 1.47. The van der Waals surface area contributed by atoms with Crippen molar-refractivity contribution in [2.24, 2.45) is 11.7 Å². The molecule has 1 unspecified atom stereocenters. The Morgan fingerprint density at radius 3 is 2.60 bits per heavy atom. The summed E-state index contributed by atoms with van der Waals surface area (Å²) in [5, 5.41) is 0.769. The molecule has 15 heavy (non-hydrogen) atoms. The molecule has 1 atom stereocenters. The zero-order valence-electron chi connectivity index (χ0n) is 9.13. The summed E-state index contributed by atoms with van der Waals surface area (Å²) >= 11 is 8.28. The number of hydrogen-bond donors (Lipinski definition) is 1. The van der Waals surface area contributed by atoms with E-state index in [2.05, 4.69) is 36.4 Å². The van der Waals surface area contributed by atoms with Crippen molar-refractivity contribution in [1.82, 2.24) is 0 Å². The Hall–Kier alpha value is 0.200. The second-order valence-corrected chi connectivity index (χ2v) is 5.84. The molecule has 3 heteroatoms. The molecule has 0 heterocycles. The van der Waals surface area contributed by atoms with Gasteiger partial charge in [-0.05, 0) is 65.1 Å². The van der Waals surface area contributed by atoms with Crippen LogP contribution in [0.15, 0.2) is 18.2 Å². The highest BCUT2D eigenvalue weighted by atomic mass is 127. The summed E-state index contributed by atoms with van der Waals surface area (Å²) in [5.41, 5.74) is 7.32. The molecule has 0 aliphatic rings. The molecule has 0 amide bonds. The van der Waals surface area contributed by atoms with Crippen LogP contribution in [0.4, 0.5) is 0 Å². The first kappa shape index (κ1) is 13.3. The second-order valence-electron chi connectivity index (χ2n) is 4.24. The van der Waals surface area contributed by atoms with E-state index in [0.29, 0.717) is 5.92 Å². The molecule has 0 saturated carbocycles. The van der Waals surface area contributed by atoms with Gasteiger partial charge in [0, 0.05) is 14.6 Å². The first-order chi connectivity index (χ1) is 7.00. The van der Waals surface area contributed by atoms with Gasteiger partial charge in [0.25, 0.3) is 0 Å². The third-order valence-electron chi connectivity index (χ3n) is 2.41. The van der Waals surface area contributed by atoms with E-state index in [1.165, 1.54) is 9.13 Å². The average Bonchev–Trinajstić information content (AvgIpc) is 2.18. The molecule has 1 nitrogen and oxygen atoms in total. The molecule has 0 saturated heterocycles. The van der Waals surface area contributed by atoms with Crippen LogP contribution in [0.2, 0.25) is 5.02 Å². The quantitative estimate of drug-likeness (QED) is 0.811. The van der Waals surface area contributed by atoms with Gasteiger partial charge in [0.1, 0.15) is 0 Å². The Labute approximate surface area is 111 Å². The third kappa shape index (κ3) is 4.29. The Morgan fingerprint density at radius 1 is 1.33 bits per heavy atom. The molecule has 0 aliphatic heterocycles. The molecule has 0 radical (unpaired) electrons. The summed E-state index contributed by atoms with van der Waals surface area (Å²) < 4.78 is 1.20. The largest absolute Gasteiger partial charge is 0.324 e. The molecule has 1 aromatic carbocycles. The van der Waals surface area contributed by atoms with E-state index in [9.17, 15) is 0 Å². The fraction of sp³-hybridized carbons (Fsp3) is 0.500. The van der Waals surface area contributed by atoms with Crippen LogP contribution in [0.25, 0.3) is 0 Å². The number of halogens is 2. The zero-order chi connectivity index (χ0) is 11.4. The highest BCUT2D eigenvalue weighted by Crippen LogP contribution is 2.26. The van der Waals surface area contributed by atoms with E-state index < -0.39 is 0 Å². The Morgan fingerprint density at radius 2 is 2.00 bits per heavy atom. The van der Waals surface area contributed by atoms with Crippen LogP contribution in [0, 0.1) is 9.49 Å². The van der Waals surface area contributed by atoms with Crippen molar-refractivity contribution in [2.45, 2.75) is 32.7 Å². The molecule has 0 bridgehead atoms. The molecule has 0 aromatic heterocycles. The molecule has 2 N–H and O–H groups in total. The van der Waals surface area contributed by atoms with Gasteiger partial charge in [0.2, 0.25) is 0 Å². The zero-order valence-corrected chi connectivity index (χ0v) is 12.0. The minimum absolute atomic E-state index is 0.109. The summed E-state index contributed by atoms with van der Waals surface area (Å²) in [7, 11) is 0. The normalized spacial score (nSPS) is 13.2. The maximum Gasteiger partial charge on any atom is 0.0410 e. The maximum absolute atomic E-state index is 6.15. The van der Waals surface area contributed by atoms with Crippen LogP contribution in [0.1, 0.15) is 38.3 Å². The van der Waals surface area contributed by atoms with Crippen LogP contribution in [-0.4, -0.2) is 0 Å². The smallest absolute Gasteiger partial charge is 0.0410 e. The molecule has 0 spiro atoms.